The van der Waals surface area contributed by atoms with Gasteiger partial charge in [0.15, 0.2) is 0 Å². The third kappa shape index (κ3) is 5.97. The van der Waals surface area contributed by atoms with E-state index in [1.54, 1.807) is 0 Å². The molecule has 26 heavy (non-hydrogen) atoms. The highest BCUT2D eigenvalue weighted by atomic mass is 15.2. The minimum absolute atomic E-state index is 0.447. The van der Waals surface area contributed by atoms with Crippen LogP contribution in [0.5, 0.6) is 0 Å². The van der Waals surface area contributed by atoms with Crippen LogP contribution in [0.2, 0.25) is 0 Å². The summed E-state index contributed by atoms with van der Waals surface area (Å²) in [6.07, 6.45) is 16.6. The molecule has 0 aliphatic carbocycles. The molecule has 0 saturated carbocycles. The van der Waals surface area contributed by atoms with E-state index in [0.29, 0.717) is 6.04 Å². The Balaban J connectivity index is 1.53. The van der Waals surface area contributed by atoms with Crippen molar-refractivity contribution in [3.05, 3.63) is 24.4 Å². The van der Waals surface area contributed by atoms with Crippen LogP contribution in [0.3, 0.4) is 0 Å². The highest BCUT2D eigenvalue weighted by molar-refractivity contribution is 5.43. The van der Waals surface area contributed by atoms with Crippen LogP contribution in [-0.4, -0.2) is 53.6 Å². The SMILES string of the molecule is CCC/C=C/CN1CCCC(Nc2nccc(N3CCCCCC3)n2)C1. The first kappa shape index (κ1) is 19.2. The molecule has 5 nitrogen and oxygen atoms in total. The van der Waals surface area contributed by atoms with Crippen molar-refractivity contribution in [2.75, 3.05) is 42.9 Å². The van der Waals surface area contributed by atoms with Crippen molar-refractivity contribution in [2.24, 2.45) is 0 Å². The van der Waals surface area contributed by atoms with Crippen LogP contribution >= 0.6 is 0 Å². The zero-order valence-corrected chi connectivity index (χ0v) is 16.4. The number of rotatable bonds is 7. The first-order valence-electron chi connectivity index (χ1n) is 10.6. The molecule has 3 heterocycles. The highest BCUT2D eigenvalue weighted by Crippen LogP contribution is 2.19. The van der Waals surface area contributed by atoms with Crippen LogP contribution < -0.4 is 10.2 Å². The second kappa shape index (κ2) is 10.5. The molecule has 0 bridgehead atoms. The molecule has 144 valence electrons. The molecule has 0 spiro atoms. The van der Waals surface area contributed by atoms with E-state index in [1.165, 1.54) is 57.9 Å². The third-order valence-corrected chi connectivity index (χ3v) is 5.40. The summed E-state index contributed by atoms with van der Waals surface area (Å²) in [6, 6.07) is 2.50. The van der Waals surface area contributed by atoms with E-state index in [4.69, 9.17) is 4.98 Å². The lowest BCUT2D eigenvalue weighted by molar-refractivity contribution is 0.237. The first-order chi connectivity index (χ1) is 12.8. The Morgan fingerprint density at radius 1 is 1.12 bits per heavy atom. The second-order valence-corrected chi connectivity index (χ2v) is 7.64. The minimum atomic E-state index is 0.447. The van der Waals surface area contributed by atoms with E-state index in [1.807, 2.05) is 6.20 Å². The van der Waals surface area contributed by atoms with Gasteiger partial charge in [0.2, 0.25) is 5.95 Å². The maximum Gasteiger partial charge on any atom is 0.224 e. The summed E-state index contributed by atoms with van der Waals surface area (Å²) in [7, 11) is 0. The first-order valence-corrected chi connectivity index (χ1v) is 10.6. The molecular weight excluding hydrogens is 322 g/mol. The van der Waals surface area contributed by atoms with Gasteiger partial charge in [-0.2, -0.15) is 4.98 Å². The number of nitrogens with zero attached hydrogens (tertiary/aromatic N) is 4. The summed E-state index contributed by atoms with van der Waals surface area (Å²) in [5.74, 6) is 1.87. The van der Waals surface area contributed by atoms with Gasteiger partial charge in [-0.15, -0.1) is 0 Å². The van der Waals surface area contributed by atoms with Crippen LogP contribution in [0.4, 0.5) is 11.8 Å². The van der Waals surface area contributed by atoms with E-state index in [0.717, 1.165) is 37.9 Å². The number of unbranched alkanes of at least 4 members (excludes halogenated alkanes) is 1. The Bertz CT molecular complexity index is 551. The predicted molar refractivity (Wildman–Crippen MR) is 110 cm³/mol. The van der Waals surface area contributed by atoms with Crippen LogP contribution in [0.1, 0.15) is 58.3 Å². The number of piperidine rings is 1. The molecule has 0 aromatic carbocycles. The molecule has 3 rings (SSSR count). The van der Waals surface area contributed by atoms with E-state index >= 15 is 0 Å². The molecule has 0 radical (unpaired) electrons. The van der Waals surface area contributed by atoms with Crippen LogP contribution in [0, 0.1) is 0 Å². The zero-order valence-electron chi connectivity index (χ0n) is 16.4. The summed E-state index contributed by atoms with van der Waals surface area (Å²) in [5.41, 5.74) is 0. The number of allylic oxidation sites excluding steroid dienone is 1. The van der Waals surface area contributed by atoms with Crippen molar-refractivity contribution in [3.63, 3.8) is 0 Å². The summed E-state index contributed by atoms with van der Waals surface area (Å²) in [4.78, 5) is 14.3. The number of nitrogens with one attached hydrogen (secondary N) is 1. The molecule has 2 fully saturated rings. The fraction of sp³-hybridized carbons (Fsp3) is 0.714. The Hall–Kier alpha value is -1.62. The quantitative estimate of drug-likeness (QED) is 0.745. The Kier molecular flexibility index (Phi) is 7.74. The summed E-state index contributed by atoms with van der Waals surface area (Å²) in [6.45, 7) is 7.81. The summed E-state index contributed by atoms with van der Waals surface area (Å²) < 4.78 is 0. The van der Waals surface area contributed by atoms with E-state index < -0.39 is 0 Å². The van der Waals surface area contributed by atoms with E-state index in [2.05, 4.69) is 45.2 Å². The monoisotopic (exact) mass is 357 g/mol. The molecule has 1 aromatic rings. The lowest BCUT2D eigenvalue weighted by atomic mass is 10.1. The van der Waals surface area contributed by atoms with Gasteiger partial charge in [-0.1, -0.05) is 38.3 Å². The molecule has 2 aliphatic rings. The van der Waals surface area contributed by atoms with E-state index in [-0.39, 0.29) is 0 Å². The molecule has 0 amide bonds. The molecular formula is C21H35N5. The number of hydrogen-bond donors (Lipinski definition) is 1. The average molecular weight is 358 g/mol. The molecule has 2 aliphatic heterocycles. The fourth-order valence-corrected chi connectivity index (χ4v) is 3.92. The van der Waals surface area contributed by atoms with Gasteiger partial charge >= 0.3 is 0 Å². The van der Waals surface area contributed by atoms with Crippen molar-refractivity contribution in [3.8, 4) is 0 Å². The normalized spacial score (nSPS) is 22.5. The fourth-order valence-electron chi connectivity index (χ4n) is 3.92. The zero-order chi connectivity index (χ0) is 18.0. The lowest BCUT2D eigenvalue weighted by Gasteiger charge is -2.32. The van der Waals surface area contributed by atoms with Gasteiger partial charge in [0.25, 0.3) is 0 Å². The largest absolute Gasteiger partial charge is 0.356 e. The average Bonchev–Trinajstić information content (AvgIpc) is 2.95. The Morgan fingerprint density at radius 3 is 2.77 bits per heavy atom. The maximum absolute atomic E-state index is 4.81. The second-order valence-electron chi connectivity index (χ2n) is 7.64. The maximum atomic E-state index is 4.81. The number of hydrogen-bond acceptors (Lipinski definition) is 5. The van der Waals surface area contributed by atoms with Gasteiger partial charge < -0.3 is 10.2 Å². The molecule has 2 saturated heterocycles. The number of aromatic nitrogens is 2. The Labute approximate surface area is 158 Å². The molecule has 5 heteroatoms. The van der Waals surface area contributed by atoms with Crippen molar-refractivity contribution >= 4 is 11.8 Å². The van der Waals surface area contributed by atoms with Crippen molar-refractivity contribution in [1.82, 2.24) is 14.9 Å². The smallest absolute Gasteiger partial charge is 0.224 e. The van der Waals surface area contributed by atoms with Gasteiger partial charge in [0.05, 0.1) is 0 Å². The molecule has 1 unspecified atom stereocenters. The van der Waals surface area contributed by atoms with Crippen molar-refractivity contribution in [1.29, 1.82) is 0 Å². The van der Waals surface area contributed by atoms with Crippen LogP contribution in [0.25, 0.3) is 0 Å². The third-order valence-electron chi connectivity index (χ3n) is 5.40. The van der Waals surface area contributed by atoms with E-state index in [9.17, 15) is 0 Å². The van der Waals surface area contributed by atoms with Gasteiger partial charge in [0.1, 0.15) is 5.82 Å². The standard InChI is InChI=1S/C21H35N5/c1-2-3-4-7-14-25-15-10-11-19(18-25)23-21-22-13-12-20(24-21)26-16-8-5-6-9-17-26/h4,7,12-13,19H,2-3,5-6,8-11,14-18H2,1H3,(H,22,23,24)/b7-4+. The van der Waals surface area contributed by atoms with Crippen LogP contribution in [-0.2, 0) is 0 Å². The van der Waals surface area contributed by atoms with Gasteiger partial charge in [-0.25, -0.2) is 4.98 Å². The van der Waals surface area contributed by atoms with Crippen LogP contribution in [0.15, 0.2) is 24.4 Å². The Morgan fingerprint density at radius 2 is 1.96 bits per heavy atom. The van der Waals surface area contributed by atoms with Gasteiger partial charge in [-0.05, 0) is 44.7 Å². The minimum Gasteiger partial charge on any atom is -0.356 e. The van der Waals surface area contributed by atoms with Crippen molar-refractivity contribution < 1.29 is 0 Å². The number of anilines is 2. The van der Waals surface area contributed by atoms with Gasteiger partial charge in [0, 0.05) is 38.4 Å². The molecule has 1 aromatic heterocycles. The predicted octanol–water partition coefficient (Wildman–Crippen LogP) is 4.09. The highest BCUT2D eigenvalue weighted by Gasteiger charge is 2.20. The molecule has 1 atom stereocenters. The van der Waals surface area contributed by atoms with Crippen molar-refractivity contribution in [2.45, 2.75) is 64.3 Å². The topological polar surface area (TPSA) is 44.3 Å². The molecule has 1 N–H and O–H groups in total. The number of likely N-dealkylation sites (tertiary alicyclic amines) is 1. The summed E-state index contributed by atoms with van der Waals surface area (Å²) in [5, 5.41) is 3.59. The lowest BCUT2D eigenvalue weighted by Crippen LogP contribution is -2.42. The summed E-state index contributed by atoms with van der Waals surface area (Å²) >= 11 is 0. The van der Waals surface area contributed by atoms with Gasteiger partial charge in [-0.3, -0.25) is 4.90 Å².